The van der Waals surface area contributed by atoms with Gasteiger partial charge in [0.1, 0.15) is 11.6 Å². The van der Waals surface area contributed by atoms with Crippen molar-refractivity contribution < 1.29 is 9.50 Å². The van der Waals surface area contributed by atoms with Gasteiger partial charge in [-0.2, -0.15) is 0 Å². The Balaban J connectivity index is 0.000000774. The molecule has 116 valence electrons. The van der Waals surface area contributed by atoms with E-state index in [4.69, 9.17) is 0 Å². The number of rotatable bonds is 1. The molecule has 0 unspecified atom stereocenters. The summed E-state index contributed by atoms with van der Waals surface area (Å²) in [7, 11) is 0. The lowest BCUT2D eigenvalue weighted by Gasteiger charge is -2.09. The largest absolute Gasteiger partial charge is 0.506 e. The van der Waals surface area contributed by atoms with E-state index in [1.54, 1.807) is 6.07 Å². The van der Waals surface area contributed by atoms with Crippen LogP contribution in [0.4, 0.5) is 4.39 Å². The van der Waals surface area contributed by atoms with Gasteiger partial charge in [0.15, 0.2) is 0 Å². The molecule has 3 nitrogen and oxygen atoms in total. The minimum atomic E-state index is -0.370. The van der Waals surface area contributed by atoms with Gasteiger partial charge in [-0.3, -0.25) is 0 Å². The second kappa shape index (κ2) is 6.48. The molecule has 0 bridgehead atoms. The molecule has 0 saturated heterocycles. The highest BCUT2D eigenvalue weighted by Gasteiger charge is 2.23. The SMILES string of the molecule is CC.CC(C)c1c2n(c3c(O)cc(F)cc13)CCNCC2. The number of hydrogen-bond acceptors (Lipinski definition) is 2. The third-order valence-electron chi connectivity index (χ3n) is 3.88. The van der Waals surface area contributed by atoms with E-state index in [9.17, 15) is 9.50 Å². The summed E-state index contributed by atoms with van der Waals surface area (Å²) < 4.78 is 15.8. The number of nitrogens with zero attached hydrogens (tertiary/aromatic N) is 1. The van der Waals surface area contributed by atoms with Crippen molar-refractivity contribution in [3.8, 4) is 5.75 Å². The minimum Gasteiger partial charge on any atom is -0.506 e. The predicted molar refractivity (Wildman–Crippen MR) is 85.6 cm³/mol. The van der Waals surface area contributed by atoms with E-state index < -0.39 is 0 Å². The van der Waals surface area contributed by atoms with Crippen LogP contribution in [0.25, 0.3) is 10.9 Å². The number of aromatic hydroxyl groups is 1. The first-order valence-electron chi connectivity index (χ1n) is 7.83. The van der Waals surface area contributed by atoms with Gasteiger partial charge in [-0.05, 0) is 17.5 Å². The molecule has 3 rings (SSSR count). The van der Waals surface area contributed by atoms with E-state index in [0.29, 0.717) is 5.92 Å². The van der Waals surface area contributed by atoms with Gasteiger partial charge in [0.2, 0.25) is 0 Å². The molecular formula is C17H25FN2O. The number of benzene rings is 1. The fourth-order valence-corrected chi connectivity index (χ4v) is 3.19. The van der Waals surface area contributed by atoms with Crippen molar-refractivity contribution in [2.75, 3.05) is 13.1 Å². The third kappa shape index (κ3) is 2.77. The van der Waals surface area contributed by atoms with E-state index in [1.165, 1.54) is 17.3 Å². The summed E-state index contributed by atoms with van der Waals surface area (Å²) in [6.07, 6.45) is 0.920. The van der Waals surface area contributed by atoms with Gasteiger partial charge in [0.05, 0.1) is 5.52 Å². The van der Waals surface area contributed by atoms with Crippen molar-refractivity contribution in [1.29, 1.82) is 0 Å². The first-order valence-corrected chi connectivity index (χ1v) is 7.83. The predicted octanol–water partition coefficient (Wildman–Crippen LogP) is 3.78. The molecule has 2 N–H and O–H groups in total. The zero-order valence-corrected chi connectivity index (χ0v) is 13.3. The van der Waals surface area contributed by atoms with Crippen LogP contribution in [0.1, 0.15) is 44.9 Å². The Kier molecular flexibility index (Phi) is 4.88. The maximum Gasteiger partial charge on any atom is 0.142 e. The molecule has 0 atom stereocenters. The van der Waals surface area contributed by atoms with E-state index in [2.05, 4.69) is 23.7 Å². The van der Waals surface area contributed by atoms with Gasteiger partial charge in [0, 0.05) is 43.2 Å². The van der Waals surface area contributed by atoms with E-state index in [-0.39, 0.29) is 11.6 Å². The maximum atomic E-state index is 13.6. The molecule has 0 spiro atoms. The second-order valence-electron chi connectivity index (χ2n) is 5.49. The molecule has 0 radical (unpaired) electrons. The summed E-state index contributed by atoms with van der Waals surface area (Å²) in [5.41, 5.74) is 3.19. The smallest absolute Gasteiger partial charge is 0.142 e. The topological polar surface area (TPSA) is 37.2 Å². The average Bonchev–Trinajstić information content (AvgIpc) is 2.59. The lowest BCUT2D eigenvalue weighted by atomic mass is 9.98. The molecule has 1 aliphatic rings. The normalized spacial score (nSPS) is 14.6. The zero-order chi connectivity index (χ0) is 15.6. The zero-order valence-electron chi connectivity index (χ0n) is 13.3. The quantitative estimate of drug-likeness (QED) is 0.839. The van der Waals surface area contributed by atoms with Crippen molar-refractivity contribution >= 4 is 10.9 Å². The fourth-order valence-electron chi connectivity index (χ4n) is 3.19. The molecule has 2 heterocycles. The highest BCUT2D eigenvalue weighted by Crippen LogP contribution is 2.37. The number of aromatic nitrogens is 1. The molecule has 21 heavy (non-hydrogen) atoms. The molecule has 0 fully saturated rings. The summed E-state index contributed by atoms with van der Waals surface area (Å²) >= 11 is 0. The van der Waals surface area contributed by atoms with Gasteiger partial charge in [-0.25, -0.2) is 4.39 Å². The van der Waals surface area contributed by atoms with Crippen LogP contribution in [0.5, 0.6) is 5.75 Å². The van der Waals surface area contributed by atoms with Crippen molar-refractivity contribution in [2.45, 2.75) is 46.6 Å². The summed E-state index contributed by atoms with van der Waals surface area (Å²) in [6, 6.07) is 2.76. The fraction of sp³-hybridized carbons (Fsp3) is 0.529. The molecule has 0 saturated carbocycles. The van der Waals surface area contributed by atoms with Gasteiger partial charge < -0.3 is 15.0 Å². The van der Waals surface area contributed by atoms with Crippen LogP contribution in [0.3, 0.4) is 0 Å². The monoisotopic (exact) mass is 292 g/mol. The second-order valence-corrected chi connectivity index (χ2v) is 5.49. The van der Waals surface area contributed by atoms with Crippen LogP contribution >= 0.6 is 0 Å². The Morgan fingerprint density at radius 3 is 2.62 bits per heavy atom. The number of nitrogens with one attached hydrogen (secondary N) is 1. The number of phenols is 1. The number of halogens is 1. The summed E-state index contributed by atoms with van der Waals surface area (Å²) in [6.45, 7) is 10.9. The molecule has 4 heteroatoms. The van der Waals surface area contributed by atoms with Crippen molar-refractivity contribution in [2.24, 2.45) is 0 Å². The van der Waals surface area contributed by atoms with Crippen LogP contribution in [0, 0.1) is 5.82 Å². The number of hydrogen-bond donors (Lipinski definition) is 2. The van der Waals surface area contributed by atoms with Crippen molar-refractivity contribution in [3.63, 3.8) is 0 Å². The molecule has 0 amide bonds. The molecular weight excluding hydrogens is 267 g/mol. The van der Waals surface area contributed by atoms with E-state index >= 15 is 0 Å². The molecule has 1 aromatic heterocycles. The number of fused-ring (bicyclic) bond motifs is 3. The molecule has 0 aliphatic carbocycles. The Hall–Kier alpha value is -1.55. The van der Waals surface area contributed by atoms with Crippen molar-refractivity contribution in [1.82, 2.24) is 9.88 Å². The van der Waals surface area contributed by atoms with Crippen molar-refractivity contribution in [3.05, 3.63) is 29.2 Å². The Bertz CT molecular complexity index is 631. The van der Waals surface area contributed by atoms with Crippen LogP contribution in [-0.4, -0.2) is 22.8 Å². The Morgan fingerprint density at radius 2 is 1.95 bits per heavy atom. The lowest BCUT2D eigenvalue weighted by Crippen LogP contribution is -2.17. The Labute approximate surface area is 125 Å². The highest BCUT2D eigenvalue weighted by atomic mass is 19.1. The Morgan fingerprint density at radius 1 is 1.24 bits per heavy atom. The minimum absolute atomic E-state index is 0.0463. The average molecular weight is 292 g/mol. The summed E-state index contributed by atoms with van der Waals surface area (Å²) in [5, 5.41) is 14.3. The van der Waals surface area contributed by atoms with Crippen LogP contribution < -0.4 is 5.32 Å². The summed E-state index contributed by atoms with van der Waals surface area (Å²) in [5.74, 6) is -0.00566. The maximum absolute atomic E-state index is 13.6. The summed E-state index contributed by atoms with van der Waals surface area (Å²) in [4.78, 5) is 0. The molecule has 2 aromatic rings. The van der Waals surface area contributed by atoms with Gasteiger partial charge >= 0.3 is 0 Å². The van der Waals surface area contributed by atoms with Crippen LogP contribution in [-0.2, 0) is 13.0 Å². The van der Waals surface area contributed by atoms with E-state index in [0.717, 1.165) is 37.0 Å². The van der Waals surface area contributed by atoms with Gasteiger partial charge in [-0.1, -0.05) is 27.7 Å². The van der Waals surface area contributed by atoms with E-state index in [1.807, 2.05) is 13.8 Å². The first-order chi connectivity index (χ1) is 10.1. The first kappa shape index (κ1) is 15.8. The molecule has 1 aromatic carbocycles. The van der Waals surface area contributed by atoms with Gasteiger partial charge in [-0.15, -0.1) is 0 Å². The van der Waals surface area contributed by atoms with Gasteiger partial charge in [0.25, 0.3) is 0 Å². The highest BCUT2D eigenvalue weighted by molar-refractivity contribution is 5.91. The lowest BCUT2D eigenvalue weighted by molar-refractivity contribution is 0.471. The third-order valence-corrected chi connectivity index (χ3v) is 3.88. The van der Waals surface area contributed by atoms with Crippen LogP contribution in [0.15, 0.2) is 12.1 Å². The standard InChI is InChI=1S/C15H19FN2O.C2H6/c1-9(2)14-11-7-10(16)8-13(19)15(11)18-6-5-17-4-3-12(14)18;1-2/h7-9,17,19H,3-6H2,1-2H3;1-2H3. The molecule has 1 aliphatic heterocycles. The van der Waals surface area contributed by atoms with Crippen LogP contribution in [0.2, 0.25) is 0 Å². The number of phenolic OH excluding ortho intramolecular Hbond substituents is 1.